The summed E-state index contributed by atoms with van der Waals surface area (Å²) in [7, 11) is -1.93. The van der Waals surface area contributed by atoms with Crippen molar-refractivity contribution in [2.24, 2.45) is 5.73 Å². The molecule has 0 bridgehead atoms. The number of nitrogens with two attached hydrogens (primary N) is 1. The van der Waals surface area contributed by atoms with Crippen LogP contribution in [0.25, 0.3) is 0 Å². The molecule has 0 aromatic carbocycles. The molecule has 9 heteroatoms. The molecule has 0 saturated heterocycles. The zero-order chi connectivity index (χ0) is 12.5. The van der Waals surface area contributed by atoms with Crippen LogP contribution in [0.4, 0.5) is 0 Å². The number of sulfonamides is 1. The lowest BCUT2D eigenvalue weighted by atomic mass is 10.4. The number of hydrogen-bond donors (Lipinski definition) is 1. The average molecular weight is 429 g/mol. The minimum Gasteiger partial charge on any atom is -0.329 e. The van der Waals surface area contributed by atoms with Gasteiger partial charge in [0.1, 0.15) is 0 Å². The van der Waals surface area contributed by atoms with E-state index in [4.69, 9.17) is 5.73 Å². The molecule has 100 valence electrons. The lowest BCUT2D eigenvalue weighted by Crippen LogP contribution is -2.39. The second-order valence-corrected chi connectivity index (χ2v) is 8.01. The molecule has 1 aromatic heterocycles. The Morgan fingerprint density at radius 1 is 1.53 bits per heavy atom. The first kappa shape index (κ1) is 17.8. The van der Waals surface area contributed by atoms with Gasteiger partial charge in [-0.2, -0.15) is 4.31 Å². The maximum Gasteiger partial charge on any atom is 0.253 e. The van der Waals surface area contributed by atoms with Gasteiger partial charge in [0, 0.05) is 29.5 Å². The van der Waals surface area contributed by atoms with E-state index < -0.39 is 10.0 Å². The molecule has 0 radical (unpaired) electrons. The SMILES string of the molecule is CC(CN)N(C)S(=O)(=O)c1scc(Br)c1Br.Cl. The third kappa shape index (κ3) is 3.65. The van der Waals surface area contributed by atoms with E-state index in [1.54, 1.807) is 12.3 Å². The van der Waals surface area contributed by atoms with E-state index >= 15 is 0 Å². The van der Waals surface area contributed by atoms with Gasteiger partial charge in [0.15, 0.2) is 4.21 Å². The van der Waals surface area contributed by atoms with Gasteiger partial charge >= 0.3 is 0 Å². The van der Waals surface area contributed by atoms with E-state index in [0.717, 1.165) is 4.47 Å². The molecule has 1 heterocycles. The lowest BCUT2D eigenvalue weighted by Gasteiger charge is -2.22. The first-order valence-electron chi connectivity index (χ1n) is 4.43. The van der Waals surface area contributed by atoms with Crippen molar-refractivity contribution in [2.75, 3.05) is 13.6 Å². The predicted molar refractivity (Wildman–Crippen MR) is 80.4 cm³/mol. The summed E-state index contributed by atoms with van der Waals surface area (Å²) in [6.45, 7) is 2.06. The van der Waals surface area contributed by atoms with Crippen LogP contribution in [-0.4, -0.2) is 32.4 Å². The van der Waals surface area contributed by atoms with Crippen LogP contribution in [-0.2, 0) is 10.0 Å². The highest BCUT2D eigenvalue weighted by atomic mass is 79.9. The second-order valence-electron chi connectivity index (χ2n) is 3.29. The Morgan fingerprint density at radius 3 is 2.41 bits per heavy atom. The number of nitrogens with zero attached hydrogens (tertiary/aromatic N) is 1. The van der Waals surface area contributed by atoms with Crippen molar-refractivity contribution < 1.29 is 8.42 Å². The highest BCUT2D eigenvalue weighted by Crippen LogP contribution is 2.37. The number of halogens is 3. The molecule has 0 fully saturated rings. The van der Waals surface area contributed by atoms with E-state index in [1.165, 1.54) is 22.7 Å². The van der Waals surface area contributed by atoms with Gasteiger partial charge in [0.25, 0.3) is 10.0 Å². The fraction of sp³-hybridized carbons (Fsp3) is 0.500. The van der Waals surface area contributed by atoms with Crippen molar-refractivity contribution in [3.05, 3.63) is 14.3 Å². The molecule has 1 unspecified atom stereocenters. The zero-order valence-electron chi connectivity index (χ0n) is 9.18. The summed E-state index contributed by atoms with van der Waals surface area (Å²) in [4.78, 5) is 0. The molecule has 0 spiro atoms. The largest absolute Gasteiger partial charge is 0.329 e. The average Bonchev–Trinajstić information content (AvgIpc) is 2.58. The van der Waals surface area contributed by atoms with E-state index in [1.807, 2.05) is 0 Å². The first-order chi connectivity index (χ1) is 7.32. The van der Waals surface area contributed by atoms with Gasteiger partial charge in [-0.05, 0) is 38.8 Å². The van der Waals surface area contributed by atoms with E-state index in [0.29, 0.717) is 15.2 Å². The summed E-state index contributed by atoms with van der Waals surface area (Å²) in [5, 5.41) is 1.73. The molecule has 0 aliphatic carbocycles. The van der Waals surface area contributed by atoms with E-state index in [2.05, 4.69) is 31.9 Å². The van der Waals surface area contributed by atoms with Crippen LogP contribution in [0.5, 0.6) is 0 Å². The Labute approximate surface area is 128 Å². The third-order valence-corrected chi connectivity index (χ3v) is 8.53. The van der Waals surface area contributed by atoms with Crippen LogP contribution >= 0.6 is 55.6 Å². The van der Waals surface area contributed by atoms with Gasteiger partial charge in [0.05, 0.1) is 4.47 Å². The van der Waals surface area contributed by atoms with Crippen molar-refractivity contribution in [1.29, 1.82) is 0 Å². The third-order valence-electron chi connectivity index (χ3n) is 2.23. The van der Waals surface area contributed by atoms with Crippen LogP contribution in [0, 0.1) is 0 Å². The number of rotatable bonds is 4. The van der Waals surface area contributed by atoms with Crippen molar-refractivity contribution in [2.45, 2.75) is 17.2 Å². The summed E-state index contributed by atoms with van der Waals surface area (Å²) in [5.41, 5.74) is 5.47. The molecule has 0 saturated carbocycles. The molecule has 2 N–H and O–H groups in total. The molecule has 0 aliphatic heterocycles. The standard InChI is InChI=1S/C8H12Br2N2O2S2.ClH/c1-5(3-11)12(2)16(13,14)8-7(10)6(9)4-15-8;/h4-5H,3,11H2,1-2H3;1H. The molecule has 1 atom stereocenters. The maximum atomic E-state index is 12.2. The molecule has 0 aliphatic rings. The van der Waals surface area contributed by atoms with Crippen LogP contribution in [0.3, 0.4) is 0 Å². The maximum absolute atomic E-state index is 12.2. The molecule has 17 heavy (non-hydrogen) atoms. The molecule has 4 nitrogen and oxygen atoms in total. The summed E-state index contributed by atoms with van der Waals surface area (Å²) in [6, 6.07) is -0.224. The Morgan fingerprint density at radius 2 is 2.06 bits per heavy atom. The molecule has 1 rings (SSSR count). The van der Waals surface area contributed by atoms with Crippen molar-refractivity contribution in [3.63, 3.8) is 0 Å². The Kier molecular flexibility index (Phi) is 7.16. The van der Waals surface area contributed by atoms with Crippen LogP contribution in [0.1, 0.15) is 6.92 Å². The van der Waals surface area contributed by atoms with Gasteiger partial charge in [-0.1, -0.05) is 0 Å². The van der Waals surface area contributed by atoms with E-state index in [9.17, 15) is 8.42 Å². The smallest absolute Gasteiger partial charge is 0.253 e. The van der Waals surface area contributed by atoms with E-state index in [-0.39, 0.29) is 18.4 Å². The summed E-state index contributed by atoms with van der Waals surface area (Å²) in [6.07, 6.45) is 0. The molecule has 0 amide bonds. The minimum absolute atomic E-state index is 0. The minimum atomic E-state index is -3.47. The number of hydrogen-bond acceptors (Lipinski definition) is 4. The monoisotopic (exact) mass is 426 g/mol. The predicted octanol–water partition coefficient (Wildman–Crippen LogP) is 2.66. The number of thiophene rings is 1. The van der Waals surface area contributed by atoms with Crippen LogP contribution in [0.15, 0.2) is 18.5 Å². The fourth-order valence-corrected chi connectivity index (χ4v) is 5.58. The quantitative estimate of drug-likeness (QED) is 0.802. The van der Waals surface area contributed by atoms with Gasteiger partial charge < -0.3 is 5.73 Å². The topological polar surface area (TPSA) is 63.4 Å². The Hall–Kier alpha value is 0.820. The van der Waals surface area contributed by atoms with Gasteiger partial charge in [-0.15, -0.1) is 23.7 Å². The van der Waals surface area contributed by atoms with Crippen molar-refractivity contribution in [3.8, 4) is 0 Å². The summed E-state index contributed by atoms with van der Waals surface area (Å²) < 4.78 is 27.3. The first-order valence-corrected chi connectivity index (χ1v) is 8.33. The van der Waals surface area contributed by atoms with Gasteiger partial charge in [-0.25, -0.2) is 8.42 Å². The number of likely N-dealkylation sites (N-methyl/N-ethyl adjacent to an activating group) is 1. The highest BCUT2D eigenvalue weighted by molar-refractivity contribution is 9.13. The lowest BCUT2D eigenvalue weighted by molar-refractivity contribution is 0.395. The molecular weight excluding hydrogens is 415 g/mol. The Bertz CT molecular complexity index is 478. The molecule has 1 aromatic rings. The van der Waals surface area contributed by atoms with Crippen LogP contribution in [0.2, 0.25) is 0 Å². The highest BCUT2D eigenvalue weighted by Gasteiger charge is 2.28. The zero-order valence-corrected chi connectivity index (χ0v) is 14.8. The normalized spacial score (nSPS) is 13.5. The van der Waals surface area contributed by atoms with Gasteiger partial charge in [0.2, 0.25) is 0 Å². The summed E-state index contributed by atoms with van der Waals surface area (Å²) >= 11 is 7.69. The van der Waals surface area contributed by atoms with Crippen molar-refractivity contribution in [1.82, 2.24) is 4.31 Å². The fourth-order valence-electron chi connectivity index (χ4n) is 0.996. The van der Waals surface area contributed by atoms with Crippen LogP contribution < -0.4 is 5.73 Å². The molecular formula is C8H13Br2ClN2O2S2. The van der Waals surface area contributed by atoms with Gasteiger partial charge in [-0.3, -0.25) is 0 Å². The Balaban J connectivity index is 0.00000256. The van der Waals surface area contributed by atoms with Crippen molar-refractivity contribution >= 4 is 65.6 Å². The summed E-state index contributed by atoms with van der Waals surface area (Å²) in [5.74, 6) is 0. The second kappa shape index (κ2) is 6.83.